The lowest BCUT2D eigenvalue weighted by molar-refractivity contribution is 0.0503. The third-order valence-electron chi connectivity index (χ3n) is 5.28. The number of nitrogens with one attached hydrogen (secondary N) is 2. The van der Waals surface area contributed by atoms with Crippen LogP contribution >= 0.6 is 0 Å². The number of aliphatic hydroxyl groups is 1. The van der Waals surface area contributed by atoms with E-state index in [1.54, 1.807) is 0 Å². The fraction of sp³-hybridized carbons (Fsp3) is 0.625. The van der Waals surface area contributed by atoms with Gasteiger partial charge in [0.05, 0.1) is 0 Å². The molecule has 110 valence electrons. The molecule has 1 saturated heterocycles. The van der Waals surface area contributed by atoms with E-state index in [9.17, 15) is 5.11 Å². The van der Waals surface area contributed by atoms with Crippen LogP contribution in [-0.4, -0.2) is 42.5 Å². The highest BCUT2D eigenvalue weighted by Crippen LogP contribution is 2.45. The van der Waals surface area contributed by atoms with Crippen molar-refractivity contribution < 1.29 is 5.11 Å². The first kappa shape index (κ1) is 14.0. The summed E-state index contributed by atoms with van der Waals surface area (Å²) < 4.78 is 0. The first-order chi connectivity index (χ1) is 9.56. The molecule has 4 heteroatoms. The highest BCUT2D eigenvalue weighted by Gasteiger charge is 2.47. The molecule has 3 N–H and O–H groups in total. The number of rotatable bonds is 2. The highest BCUT2D eigenvalue weighted by molar-refractivity contribution is 5.26. The lowest BCUT2D eigenvalue weighted by Gasteiger charge is -2.49. The van der Waals surface area contributed by atoms with Gasteiger partial charge in [-0.25, -0.2) is 0 Å². The Kier molecular flexibility index (Phi) is 3.58. The van der Waals surface area contributed by atoms with Crippen LogP contribution < -0.4 is 10.6 Å². The van der Waals surface area contributed by atoms with Crippen molar-refractivity contribution in [3.8, 4) is 0 Å². The molecule has 3 rings (SSSR count). The molecule has 20 heavy (non-hydrogen) atoms. The molecular weight excluding hydrogens is 250 g/mol. The van der Waals surface area contributed by atoms with Crippen LogP contribution in [-0.2, 0) is 5.54 Å². The monoisotopic (exact) mass is 275 g/mol. The Hall–Kier alpha value is -0.940. The van der Waals surface area contributed by atoms with Crippen LogP contribution in [0.15, 0.2) is 30.3 Å². The summed E-state index contributed by atoms with van der Waals surface area (Å²) in [5.74, 6) is 0. The zero-order valence-corrected chi connectivity index (χ0v) is 12.4. The van der Waals surface area contributed by atoms with E-state index in [1.165, 1.54) is 5.56 Å². The molecule has 0 bridgehead atoms. The molecule has 1 spiro atoms. The Balaban J connectivity index is 1.82. The van der Waals surface area contributed by atoms with Gasteiger partial charge in [-0.3, -0.25) is 15.5 Å². The average molecular weight is 275 g/mol. The molecule has 1 atom stereocenters. The Bertz CT molecular complexity index is 452. The van der Waals surface area contributed by atoms with Crippen LogP contribution in [0.2, 0.25) is 0 Å². The number of aliphatic hydroxyl groups excluding tert-OH is 1. The largest absolute Gasteiger partial charge is 0.365 e. The summed E-state index contributed by atoms with van der Waals surface area (Å²) in [5.41, 5.74) is 1.61. The van der Waals surface area contributed by atoms with Gasteiger partial charge in [0.1, 0.15) is 0 Å². The Morgan fingerprint density at radius 1 is 1.10 bits per heavy atom. The molecule has 1 heterocycles. The first-order valence-electron chi connectivity index (χ1n) is 7.49. The molecule has 0 aromatic heterocycles. The molecule has 1 aromatic rings. The molecule has 1 aliphatic heterocycles. The van der Waals surface area contributed by atoms with Crippen molar-refractivity contribution in [1.82, 2.24) is 15.5 Å². The number of benzene rings is 1. The van der Waals surface area contributed by atoms with Crippen molar-refractivity contribution in [2.24, 2.45) is 0 Å². The quantitative estimate of drug-likeness (QED) is 0.760. The third kappa shape index (κ3) is 2.27. The Morgan fingerprint density at radius 2 is 1.75 bits per heavy atom. The van der Waals surface area contributed by atoms with Crippen molar-refractivity contribution in [3.05, 3.63) is 35.9 Å². The average Bonchev–Trinajstić information content (AvgIpc) is 2.82. The topological polar surface area (TPSA) is 47.5 Å². The van der Waals surface area contributed by atoms with Crippen LogP contribution in [0.3, 0.4) is 0 Å². The van der Waals surface area contributed by atoms with Crippen molar-refractivity contribution in [3.63, 3.8) is 0 Å². The summed E-state index contributed by atoms with van der Waals surface area (Å²) in [6.45, 7) is 0.868. The van der Waals surface area contributed by atoms with Crippen molar-refractivity contribution in [2.75, 3.05) is 20.6 Å². The van der Waals surface area contributed by atoms with Gasteiger partial charge in [-0.05, 0) is 45.3 Å². The van der Waals surface area contributed by atoms with Crippen molar-refractivity contribution in [2.45, 2.75) is 43.1 Å². The summed E-state index contributed by atoms with van der Waals surface area (Å²) in [7, 11) is 4.36. The SMILES string of the molecule is CN(C)C1(c2ccccc2)CCC2(CC1)CNC(O)N2. The summed E-state index contributed by atoms with van der Waals surface area (Å²) in [5, 5.41) is 16.1. The zero-order chi connectivity index (χ0) is 14.2. The minimum atomic E-state index is -0.543. The number of hydrogen-bond acceptors (Lipinski definition) is 4. The van der Waals surface area contributed by atoms with Crippen LogP contribution in [0, 0.1) is 0 Å². The number of hydrogen-bond donors (Lipinski definition) is 3. The molecule has 1 unspecified atom stereocenters. The van der Waals surface area contributed by atoms with Crippen LogP contribution in [0.25, 0.3) is 0 Å². The van der Waals surface area contributed by atoms with Gasteiger partial charge < -0.3 is 5.11 Å². The fourth-order valence-electron chi connectivity index (χ4n) is 3.89. The van der Waals surface area contributed by atoms with E-state index in [0.29, 0.717) is 0 Å². The maximum atomic E-state index is 9.67. The summed E-state index contributed by atoms with van der Waals surface area (Å²) in [6, 6.07) is 10.8. The molecule has 2 aliphatic rings. The Labute approximate surface area is 121 Å². The lowest BCUT2D eigenvalue weighted by atomic mass is 9.69. The lowest BCUT2D eigenvalue weighted by Crippen LogP contribution is -2.54. The molecule has 4 nitrogen and oxygen atoms in total. The predicted octanol–water partition coefficient (Wildman–Crippen LogP) is 1.22. The van der Waals surface area contributed by atoms with Gasteiger partial charge in [0, 0.05) is 17.6 Å². The van der Waals surface area contributed by atoms with Gasteiger partial charge in [0.2, 0.25) is 0 Å². The second-order valence-electron chi connectivity index (χ2n) is 6.50. The van der Waals surface area contributed by atoms with Crippen LogP contribution in [0.5, 0.6) is 0 Å². The second kappa shape index (κ2) is 5.11. The number of nitrogens with zero attached hydrogens (tertiary/aromatic N) is 1. The smallest absolute Gasteiger partial charge is 0.161 e. The first-order valence-corrected chi connectivity index (χ1v) is 7.49. The zero-order valence-electron chi connectivity index (χ0n) is 12.4. The minimum absolute atomic E-state index is 0.0771. The van der Waals surface area contributed by atoms with Crippen molar-refractivity contribution >= 4 is 0 Å². The van der Waals surface area contributed by atoms with E-state index in [2.05, 4.69) is 60.0 Å². The maximum absolute atomic E-state index is 9.67. The molecule has 0 amide bonds. The van der Waals surface area contributed by atoms with Gasteiger partial charge in [-0.1, -0.05) is 30.3 Å². The fourth-order valence-corrected chi connectivity index (χ4v) is 3.89. The van der Waals surface area contributed by atoms with E-state index in [-0.39, 0.29) is 11.1 Å². The van der Waals surface area contributed by atoms with Gasteiger partial charge >= 0.3 is 0 Å². The van der Waals surface area contributed by atoms with E-state index < -0.39 is 6.35 Å². The van der Waals surface area contributed by atoms with Crippen molar-refractivity contribution in [1.29, 1.82) is 0 Å². The molecule has 2 fully saturated rings. The van der Waals surface area contributed by atoms with Crippen LogP contribution in [0.4, 0.5) is 0 Å². The molecular formula is C16H25N3O. The van der Waals surface area contributed by atoms with Gasteiger partial charge in [-0.15, -0.1) is 0 Å². The molecule has 0 radical (unpaired) electrons. The van der Waals surface area contributed by atoms with Gasteiger partial charge in [-0.2, -0.15) is 0 Å². The second-order valence-corrected chi connectivity index (χ2v) is 6.50. The predicted molar refractivity (Wildman–Crippen MR) is 80.2 cm³/mol. The van der Waals surface area contributed by atoms with E-state index in [0.717, 1.165) is 32.2 Å². The standard InChI is InChI=1S/C16H25N3O/c1-19(2)16(13-6-4-3-5-7-13)10-8-15(9-11-16)12-17-14(20)18-15/h3-7,14,17-18,20H,8-12H2,1-2H3. The van der Waals surface area contributed by atoms with Crippen LogP contribution in [0.1, 0.15) is 31.2 Å². The molecule has 1 saturated carbocycles. The summed E-state index contributed by atoms with van der Waals surface area (Å²) in [6.07, 6.45) is 3.86. The highest BCUT2D eigenvalue weighted by atomic mass is 16.3. The third-order valence-corrected chi connectivity index (χ3v) is 5.28. The Morgan fingerprint density at radius 3 is 2.25 bits per heavy atom. The van der Waals surface area contributed by atoms with Gasteiger partial charge in [0.15, 0.2) is 6.35 Å². The van der Waals surface area contributed by atoms with E-state index >= 15 is 0 Å². The summed E-state index contributed by atoms with van der Waals surface area (Å²) in [4.78, 5) is 2.37. The molecule has 1 aromatic carbocycles. The maximum Gasteiger partial charge on any atom is 0.161 e. The van der Waals surface area contributed by atoms with E-state index in [4.69, 9.17) is 0 Å². The summed E-state index contributed by atoms with van der Waals surface area (Å²) >= 11 is 0. The van der Waals surface area contributed by atoms with Gasteiger partial charge in [0.25, 0.3) is 0 Å². The molecule has 1 aliphatic carbocycles. The van der Waals surface area contributed by atoms with E-state index in [1.807, 2.05) is 0 Å². The minimum Gasteiger partial charge on any atom is -0.365 e. The normalized spacial score (nSPS) is 37.7.